The number of hydrogen-bond acceptors (Lipinski definition) is 3. The van der Waals surface area contributed by atoms with Crippen LogP contribution in [0.5, 0.6) is 0 Å². The summed E-state index contributed by atoms with van der Waals surface area (Å²) in [4.78, 5) is 13.0. The molecule has 3 rings (SSSR count). The third-order valence-electron chi connectivity index (χ3n) is 6.78. The van der Waals surface area contributed by atoms with Crippen molar-refractivity contribution in [3.8, 4) is 0 Å². The molecule has 1 amide bonds. The van der Waals surface area contributed by atoms with Gasteiger partial charge in [-0.1, -0.05) is 33.1 Å². The van der Waals surface area contributed by atoms with Crippen LogP contribution in [0.2, 0.25) is 0 Å². The van der Waals surface area contributed by atoms with Gasteiger partial charge >= 0.3 is 0 Å². The molecular formula is C18H32N2O2. The van der Waals surface area contributed by atoms with Crippen LogP contribution in [0.1, 0.15) is 65.7 Å². The number of carbonyl (C=O) groups is 1. The lowest BCUT2D eigenvalue weighted by Crippen LogP contribution is -2.82. The van der Waals surface area contributed by atoms with Crippen molar-refractivity contribution in [3.05, 3.63) is 0 Å². The zero-order valence-electron chi connectivity index (χ0n) is 14.4. The molecule has 126 valence electrons. The first-order chi connectivity index (χ1) is 10.4. The Kier molecular flexibility index (Phi) is 4.28. The molecule has 0 aromatic heterocycles. The highest BCUT2D eigenvalue weighted by atomic mass is 16.5. The van der Waals surface area contributed by atoms with Crippen LogP contribution >= 0.6 is 0 Å². The third-order valence-corrected chi connectivity index (χ3v) is 6.78. The standard InChI is InChI=1S/C18H32N2O2/c1-12(13-8-5-4-6-9-13)20-16(21)18(19)14-10-7-11-22-15(14)17(18,2)3/h12-15H,4-11,19H2,1-3H3,(H,20,21). The predicted octanol–water partition coefficient (Wildman–Crippen LogP) is 2.60. The molecule has 4 heteroatoms. The van der Waals surface area contributed by atoms with Crippen LogP contribution in [-0.2, 0) is 9.53 Å². The molecule has 3 fully saturated rings. The number of nitrogens with two attached hydrogens (primary N) is 1. The van der Waals surface area contributed by atoms with Crippen molar-refractivity contribution < 1.29 is 9.53 Å². The van der Waals surface area contributed by atoms with E-state index in [0.717, 1.165) is 19.4 Å². The topological polar surface area (TPSA) is 64.4 Å². The van der Waals surface area contributed by atoms with Gasteiger partial charge in [-0.25, -0.2) is 0 Å². The maximum Gasteiger partial charge on any atom is 0.241 e. The van der Waals surface area contributed by atoms with Crippen LogP contribution in [0.4, 0.5) is 0 Å². The number of fused-ring (bicyclic) bond motifs is 1. The molecule has 4 unspecified atom stereocenters. The van der Waals surface area contributed by atoms with Crippen molar-refractivity contribution in [2.24, 2.45) is 23.0 Å². The van der Waals surface area contributed by atoms with Crippen LogP contribution in [0.25, 0.3) is 0 Å². The number of rotatable bonds is 3. The van der Waals surface area contributed by atoms with Crippen LogP contribution < -0.4 is 11.1 Å². The van der Waals surface area contributed by atoms with Gasteiger partial charge in [0.25, 0.3) is 0 Å². The maximum atomic E-state index is 13.0. The van der Waals surface area contributed by atoms with Gasteiger partial charge in [-0.3, -0.25) is 4.79 Å². The van der Waals surface area contributed by atoms with Gasteiger partial charge in [0.05, 0.1) is 6.10 Å². The first-order valence-corrected chi connectivity index (χ1v) is 9.10. The number of carbonyl (C=O) groups excluding carboxylic acids is 1. The molecule has 1 heterocycles. The second-order valence-corrected chi connectivity index (χ2v) is 8.29. The smallest absolute Gasteiger partial charge is 0.241 e. The summed E-state index contributed by atoms with van der Waals surface area (Å²) >= 11 is 0. The molecule has 3 aliphatic rings. The van der Waals surface area contributed by atoms with Gasteiger partial charge in [-0.05, 0) is 38.5 Å². The maximum absolute atomic E-state index is 13.0. The predicted molar refractivity (Wildman–Crippen MR) is 87.3 cm³/mol. The largest absolute Gasteiger partial charge is 0.377 e. The lowest BCUT2D eigenvalue weighted by atomic mass is 9.46. The zero-order valence-corrected chi connectivity index (χ0v) is 14.4. The molecule has 4 atom stereocenters. The Morgan fingerprint density at radius 1 is 1.18 bits per heavy atom. The third kappa shape index (κ3) is 2.30. The highest BCUT2D eigenvalue weighted by Gasteiger charge is 2.70. The van der Waals surface area contributed by atoms with Gasteiger partial charge in [0.15, 0.2) is 0 Å². The molecule has 0 bridgehead atoms. The minimum atomic E-state index is -0.777. The van der Waals surface area contributed by atoms with E-state index in [1.807, 2.05) is 0 Å². The van der Waals surface area contributed by atoms with Crippen molar-refractivity contribution in [3.63, 3.8) is 0 Å². The zero-order chi connectivity index (χ0) is 16.0. The van der Waals surface area contributed by atoms with E-state index in [1.165, 1.54) is 32.1 Å². The van der Waals surface area contributed by atoms with Crippen molar-refractivity contribution in [1.82, 2.24) is 5.32 Å². The summed E-state index contributed by atoms with van der Waals surface area (Å²) in [7, 11) is 0. The average Bonchev–Trinajstić information content (AvgIpc) is 2.54. The quantitative estimate of drug-likeness (QED) is 0.842. The Morgan fingerprint density at radius 3 is 2.55 bits per heavy atom. The highest BCUT2D eigenvalue weighted by Crippen LogP contribution is 2.57. The molecule has 22 heavy (non-hydrogen) atoms. The molecule has 1 saturated heterocycles. The van der Waals surface area contributed by atoms with Crippen LogP contribution in [-0.4, -0.2) is 30.2 Å². The fourth-order valence-electron chi connectivity index (χ4n) is 5.12. The molecule has 4 nitrogen and oxygen atoms in total. The van der Waals surface area contributed by atoms with Gasteiger partial charge < -0.3 is 15.8 Å². The summed E-state index contributed by atoms with van der Waals surface area (Å²) in [6.45, 7) is 7.13. The van der Waals surface area contributed by atoms with E-state index < -0.39 is 5.54 Å². The SMILES string of the molecule is CC(NC(=O)C1(N)C2CCCOC2C1(C)C)C1CCCCC1. The van der Waals surface area contributed by atoms with E-state index in [-0.39, 0.29) is 29.4 Å². The number of ether oxygens (including phenoxy) is 1. The number of nitrogens with one attached hydrogen (secondary N) is 1. The molecule has 3 N–H and O–H groups in total. The Bertz CT molecular complexity index is 431. The lowest BCUT2D eigenvalue weighted by Gasteiger charge is -2.65. The first-order valence-electron chi connectivity index (χ1n) is 9.10. The second-order valence-electron chi connectivity index (χ2n) is 8.29. The van der Waals surface area contributed by atoms with Crippen molar-refractivity contribution >= 4 is 5.91 Å². The molecule has 1 aliphatic heterocycles. The fraction of sp³-hybridized carbons (Fsp3) is 0.944. The fourth-order valence-corrected chi connectivity index (χ4v) is 5.12. The highest BCUT2D eigenvalue weighted by molar-refractivity contribution is 5.89. The molecular weight excluding hydrogens is 276 g/mol. The molecule has 2 saturated carbocycles. The van der Waals surface area contributed by atoms with E-state index in [4.69, 9.17) is 10.5 Å². The summed E-state index contributed by atoms with van der Waals surface area (Å²) < 4.78 is 5.90. The monoisotopic (exact) mass is 308 g/mol. The summed E-state index contributed by atoms with van der Waals surface area (Å²) in [6.07, 6.45) is 8.56. The van der Waals surface area contributed by atoms with Gasteiger partial charge in [-0.15, -0.1) is 0 Å². The summed E-state index contributed by atoms with van der Waals surface area (Å²) in [5.74, 6) is 0.833. The Hall–Kier alpha value is -0.610. The van der Waals surface area contributed by atoms with E-state index in [0.29, 0.717) is 5.92 Å². The van der Waals surface area contributed by atoms with Crippen molar-refractivity contribution in [1.29, 1.82) is 0 Å². The van der Waals surface area contributed by atoms with Gasteiger partial charge in [-0.2, -0.15) is 0 Å². The van der Waals surface area contributed by atoms with E-state index >= 15 is 0 Å². The minimum Gasteiger partial charge on any atom is -0.377 e. The summed E-state index contributed by atoms with van der Waals surface area (Å²) in [6, 6.07) is 0.229. The van der Waals surface area contributed by atoms with Crippen molar-refractivity contribution in [2.75, 3.05) is 6.61 Å². The van der Waals surface area contributed by atoms with Gasteiger partial charge in [0, 0.05) is 24.0 Å². The number of hydrogen-bond donors (Lipinski definition) is 2. The molecule has 0 spiro atoms. The van der Waals surface area contributed by atoms with E-state index in [2.05, 4.69) is 26.1 Å². The van der Waals surface area contributed by atoms with Gasteiger partial charge in [0.2, 0.25) is 5.91 Å². The molecule has 0 aromatic rings. The van der Waals surface area contributed by atoms with Crippen molar-refractivity contribution in [2.45, 2.75) is 83.4 Å². The van der Waals surface area contributed by atoms with Crippen LogP contribution in [0, 0.1) is 17.3 Å². The first kappa shape index (κ1) is 16.3. The Balaban J connectivity index is 1.68. The Morgan fingerprint density at radius 2 is 1.86 bits per heavy atom. The minimum absolute atomic E-state index is 0.0438. The molecule has 2 aliphatic carbocycles. The van der Waals surface area contributed by atoms with E-state index in [9.17, 15) is 4.79 Å². The van der Waals surface area contributed by atoms with Gasteiger partial charge in [0.1, 0.15) is 5.54 Å². The average molecular weight is 308 g/mol. The Labute approximate surface area is 134 Å². The molecule has 0 radical (unpaired) electrons. The summed E-state index contributed by atoms with van der Waals surface area (Å²) in [5, 5.41) is 3.26. The molecule has 0 aromatic carbocycles. The second kappa shape index (κ2) is 5.79. The normalized spacial score (nSPS) is 39.5. The van der Waals surface area contributed by atoms with Crippen LogP contribution in [0.15, 0.2) is 0 Å². The number of amides is 1. The van der Waals surface area contributed by atoms with Crippen LogP contribution in [0.3, 0.4) is 0 Å². The van der Waals surface area contributed by atoms with E-state index in [1.54, 1.807) is 0 Å². The lowest BCUT2D eigenvalue weighted by molar-refractivity contribution is -0.225. The summed E-state index contributed by atoms with van der Waals surface area (Å²) in [5.41, 5.74) is 5.60.